The van der Waals surface area contributed by atoms with Crippen LogP contribution in [0.1, 0.15) is 24.0 Å². The summed E-state index contributed by atoms with van der Waals surface area (Å²) in [6.07, 6.45) is -3.61. The second kappa shape index (κ2) is 4.97. The summed E-state index contributed by atoms with van der Waals surface area (Å²) in [4.78, 5) is 2.16. The van der Waals surface area contributed by atoms with E-state index in [1.54, 1.807) is 6.07 Å². The van der Waals surface area contributed by atoms with Gasteiger partial charge >= 0.3 is 6.18 Å². The number of rotatable bonds is 1. The van der Waals surface area contributed by atoms with E-state index in [1.165, 1.54) is 6.07 Å². The molecule has 2 atom stereocenters. The molecule has 0 spiro atoms. The molecule has 3 rings (SSSR count). The highest BCUT2D eigenvalue weighted by molar-refractivity contribution is 5.31. The Morgan fingerprint density at radius 1 is 1.24 bits per heavy atom. The Labute approximate surface area is 121 Å². The molecule has 1 aromatic rings. The molecule has 2 aliphatic heterocycles. The Kier molecular flexibility index (Phi) is 3.50. The predicted molar refractivity (Wildman–Crippen MR) is 70.7 cm³/mol. The van der Waals surface area contributed by atoms with Crippen LogP contribution < -0.4 is 0 Å². The molecule has 2 saturated heterocycles. The minimum absolute atomic E-state index is 0.0389. The Morgan fingerprint density at radius 2 is 1.86 bits per heavy atom. The van der Waals surface area contributed by atoms with E-state index >= 15 is 0 Å². The number of ether oxygens (including phenoxy) is 1. The molecule has 0 amide bonds. The van der Waals surface area contributed by atoms with Crippen molar-refractivity contribution in [3.05, 3.63) is 35.4 Å². The standard InChI is InChI=1S/C15H18F3NO2/c1-19-12-6-14(20,7-13(19)9-21-8-12)10-3-2-4-11(5-10)15(16,17)18/h2-5,12-13,20H,6-9H2,1H3. The minimum Gasteiger partial charge on any atom is -0.385 e. The predicted octanol–water partition coefficient (Wildman–Crippen LogP) is 2.39. The topological polar surface area (TPSA) is 32.7 Å². The summed E-state index contributed by atoms with van der Waals surface area (Å²) in [6.45, 7) is 1.02. The van der Waals surface area contributed by atoms with Crippen LogP contribution in [-0.4, -0.2) is 42.4 Å². The van der Waals surface area contributed by atoms with Crippen LogP contribution in [0, 0.1) is 0 Å². The van der Waals surface area contributed by atoms with Gasteiger partial charge in [0.25, 0.3) is 0 Å². The number of halogens is 3. The third-order valence-corrected chi connectivity index (χ3v) is 4.65. The SMILES string of the molecule is CN1C2COCC1CC(O)(c1cccc(C(F)(F)F)c1)C2. The van der Waals surface area contributed by atoms with Gasteiger partial charge in [-0.25, -0.2) is 0 Å². The van der Waals surface area contributed by atoms with Crippen molar-refractivity contribution in [2.75, 3.05) is 20.3 Å². The maximum atomic E-state index is 12.8. The smallest absolute Gasteiger partial charge is 0.385 e. The largest absolute Gasteiger partial charge is 0.416 e. The second-order valence-electron chi connectivity index (χ2n) is 6.03. The fourth-order valence-corrected chi connectivity index (χ4v) is 3.36. The summed E-state index contributed by atoms with van der Waals surface area (Å²) in [5.41, 5.74) is -1.58. The summed E-state index contributed by atoms with van der Waals surface area (Å²) in [5.74, 6) is 0. The van der Waals surface area contributed by atoms with E-state index in [2.05, 4.69) is 4.90 Å². The van der Waals surface area contributed by atoms with Gasteiger partial charge in [0.05, 0.1) is 24.4 Å². The third-order valence-electron chi connectivity index (χ3n) is 4.65. The van der Waals surface area contributed by atoms with Crippen LogP contribution in [0.5, 0.6) is 0 Å². The van der Waals surface area contributed by atoms with Crippen molar-refractivity contribution < 1.29 is 23.0 Å². The molecule has 0 radical (unpaired) electrons. The summed E-state index contributed by atoms with van der Waals surface area (Å²) in [6, 6.07) is 5.13. The molecule has 2 bridgehead atoms. The highest BCUT2D eigenvalue weighted by Crippen LogP contribution is 2.41. The lowest BCUT2D eigenvalue weighted by Gasteiger charge is -2.50. The Bertz CT molecular complexity index is 518. The van der Waals surface area contributed by atoms with E-state index in [0.29, 0.717) is 31.6 Å². The van der Waals surface area contributed by atoms with Gasteiger partial charge in [0.1, 0.15) is 0 Å². The molecule has 2 aliphatic rings. The van der Waals surface area contributed by atoms with Gasteiger partial charge in [-0.05, 0) is 37.6 Å². The molecule has 1 N–H and O–H groups in total. The number of hydrogen-bond acceptors (Lipinski definition) is 3. The van der Waals surface area contributed by atoms with E-state index in [-0.39, 0.29) is 12.1 Å². The van der Waals surface area contributed by atoms with Gasteiger partial charge in [0.15, 0.2) is 0 Å². The first-order valence-corrected chi connectivity index (χ1v) is 6.99. The molecule has 3 nitrogen and oxygen atoms in total. The first kappa shape index (κ1) is 14.8. The van der Waals surface area contributed by atoms with Crippen molar-refractivity contribution in [1.82, 2.24) is 4.90 Å². The monoisotopic (exact) mass is 301 g/mol. The molecular weight excluding hydrogens is 283 g/mol. The van der Waals surface area contributed by atoms with Crippen LogP contribution in [0.4, 0.5) is 13.2 Å². The van der Waals surface area contributed by atoms with Gasteiger partial charge in [0, 0.05) is 12.1 Å². The van der Waals surface area contributed by atoms with E-state index in [0.717, 1.165) is 12.1 Å². The number of morpholine rings is 1. The van der Waals surface area contributed by atoms with Crippen LogP contribution >= 0.6 is 0 Å². The molecule has 0 aromatic heterocycles. The normalized spacial score (nSPS) is 34.0. The number of likely N-dealkylation sites (N-methyl/N-ethyl adjacent to an activating group) is 1. The maximum absolute atomic E-state index is 12.8. The van der Waals surface area contributed by atoms with Crippen LogP contribution in [0.25, 0.3) is 0 Å². The number of piperidine rings is 1. The second-order valence-corrected chi connectivity index (χ2v) is 6.03. The molecule has 0 saturated carbocycles. The maximum Gasteiger partial charge on any atom is 0.416 e. The number of aliphatic hydroxyl groups is 1. The van der Waals surface area contributed by atoms with E-state index in [1.807, 2.05) is 7.05 Å². The average molecular weight is 301 g/mol. The quantitative estimate of drug-likeness (QED) is 0.864. The zero-order valence-electron chi connectivity index (χ0n) is 11.7. The average Bonchev–Trinajstić information content (AvgIpc) is 2.40. The Hall–Kier alpha value is -1.11. The highest BCUT2D eigenvalue weighted by atomic mass is 19.4. The number of alkyl halides is 3. The van der Waals surface area contributed by atoms with Gasteiger partial charge in [-0.15, -0.1) is 0 Å². The summed E-state index contributed by atoms with van der Waals surface area (Å²) >= 11 is 0. The van der Waals surface area contributed by atoms with Gasteiger partial charge in [-0.2, -0.15) is 13.2 Å². The molecule has 2 unspecified atom stereocenters. The van der Waals surface area contributed by atoms with Crippen molar-refractivity contribution in [3.63, 3.8) is 0 Å². The molecule has 0 aliphatic carbocycles. The van der Waals surface area contributed by atoms with Crippen LogP contribution in [0.15, 0.2) is 24.3 Å². The number of benzene rings is 1. The number of hydrogen-bond donors (Lipinski definition) is 1. The first-order chi connectivity index (χ1) is 9.79. The van der Waals surface area contributed by atoms with Gasteiger partial charge in [-0.3, -0.25) is 4.90 Å². The highest BCUT2D eigenvalue weighted by Gasteiger charge is 2.46. The fraction of sp³-hybridized carbons (Fsp3) is 0.600. The Balaban J connectivity index is 1.93. The van der Waals surface area contributed by atoms with Crippen molar-refractivity contribution >= 4 is 0 Å². The Morgan fingerprint density at radius 3 is 2.43 bits per heavy atom. The van der Waals surface area contributed by atoms with E-state index < -0.39 is 17.3 Å². The van der Waals surface area contributed by atoms with Gasteiger partial charge < -0.3 is 9.84 Å². The third kappa shape index (κ3) is 2.67. The molecule has 2 fully saturated rings. The van der Waals surface area contributed by atoms with Crippen molar-refractivity contribution in [3.8, 4) is 0 Å². The van der Waals surface area contributed by atoms with Crippen molar-refractivity contribution in [2.24, 2.45) is 0 Å². The van der Waals surface area contributed by atoms with Gasteiger partial charge in [0.2, 0.25) is 0 Å². The van der Waals surface area contributed by atoms with Crippen LogP contribution in [0.3, 0.4) is 0 Å². The van der Waals surface area contributed by atoms with E-state index in [9.17, 15) is 18.3 Å². The lowest BCUT2D eigenvalue weighted by atomic mass is 9.77. The summed E-state index contributed by atoms with van der Waals surface area (Å²) in [7, 11) is 1.98. The summed E-state index contributed by atoms with van der Waals surface area (Å²) in [5, 5.41) is 10.9. The van der Waals surface area contributed by atoms with E-state index in [4.69, 9.17) is 4.74 Å². The summed E-state index contributed by atoms with van der Waals surface area (Å²) < 4.78 is 44.0. The van der Waals surface area contributed by atoms with Crippen molar-refractivity contribution in [1.29, 1.82) is 0 Å². The molecule has 6 heteroatoms. The molecular formula is C15H18F3NO2. The zero-order chi connectivity index (χ0) is 15.3. The lowest BCUT2D eigenvalue weighted by molar-refractivity contribution is -0.141. The van der Waals surface area contributed by atoms with Crippen molar-refractivity contribution in [2.45, 2.75) is 36.7 Å². The number of nitrogens with zero attached hydrogens (tertiary/aromatic N) is 1. The molecule has 2 heterocycles. The zero-order valence-corrected chi connectivity index (χ0v) is 11.7. The lowest BCUT2D eigenvalue weighted by Crippen LogP contribution is -2.59. The molecule has 21 heavy (non-hydrogen) atoms. The fourth-order valence-electron chi connectivity index (χ4n) is 3.36. The van der Waals surface area contributed by atoms with Crippen LogP contribution in [0.2, 0.25) is 0 Å². The molecule has 1 aromatic carbocycles. The first-order valence-electron chi connectivity index (χ1n) is 6.99. The molecule has 116 valence electrons. The number of fused-ring (bicyclic) bond motifs is 2. The van der Waals surface area contributed by atoms with Gasteiger partial charge in [-0.1, -0.05) is 12.1 Å². The van der Waals surface area contributed by atoms with Crippen LogP contribution in [-0.2, 0) is 16.5 Å². The minimum atomic E-state index is -4.39.